The van der Waals surface area contributed by atoms with Gasteiger partial charge >= 0.3 is 0 Å². The van der Waals surface area contributed by atoms with Crippen molar-refractivity contribution in [3.05, 3.63) is 23.8 Å². The number of hydrogen-bond acceptors (Lipinski definition) is 3. The summed E-state index contributed by atoms with van der Waals surface area (Å²) in [4.78, 5) is 0. The van der Waals surface area contributed by atoms with Crippen LogP contribution in [0.4, 0.5) is 0 Å². The van der Waals surface area contributed by atoms with Gasteiger partial charge in [0, 0.05) is 0 Å². The zero-order valence-corrected chi connectivity index (χ0v) is 9.62. The molecule has 1 aromatic rings. The van der Waals surface area contributed by atoms with E-state index in [1.54, 1.807) is 14.2 Å². The summed E-state index contributed by atoms with van der Waals surface area (Å²) >= 11 is 0. The van der Waals surface area contributed by atoms with Crippen molar-refractivity contribution >= 4 is 0 Å². The number of nitriles is 1. The quantitative estimate of drug-likeness (QED) is 0.778. The summed E-state index contributed by atoms with van der Waals surface area (Å²) in [6, 6.07) is 8.11. The van der Waals surface area contributed by atoms with Crippen molar-refractivity contribution in [2.24, 2.45) is 5.41 Å². The molecule has 1 aliphatic rings. The van der Waals surface area contributed by atoms with Gasteiger partial charge in [0.2, 0.25) is 0 Å². The zero-order chi connectivity index (χ0) is 11.6. The second-order valence-corrected chi connectivity index (χ2v) is 4.25. The van der Waals surface area contributed by atoms with Gasteiger partial charge in [0.1, 0.15) is 11.5 Å². The smallest absolute Gasteiger partial charge is 0.122 e. The fourth-order valence-electron chi connectivity index (χ4n) is 1.86. The van der Waals surface area contributed by atoms with Crippen LogP contribution >= 0.6 is 0 Å². The van der Waals surface area contributed by atoms with Gasteiger partial charge in [-0.3, -0.25) is 0 Å². The van der Waals surface area contributed by atoms with Gasteiger partial charge in [-0.15, -0.1) is 0 Å². The lowest BCUT2D eigenvalue weighted by Gasteiger charge is -2.12. The third kappa shape index (κ3) is 1.96. The third-order valence-corrected chi connectivity index (χ3v) is 3.11. The average molecular weight is 217 g/mol. The second kappa shape index (κ2) is 4.05. The SMILES string of the molecule is COc1ccc(OC)c(CC2(C#N)CC2)c1. The lowest BCUT2D eigenvalue weighted by Crippen LogP contribution is -2.03. The predicted octanol–water partition coefficient (Wildman–Crippen LogP) is 2.55. The van der Waals surface area contributed by atoms with E-state index >= 15 is 0 Å². The standard InChI is InChI=1S/C13H15NO2/c1-15-11-3-4-12(16-2)10(7-11)8-13(9-14)5-6-13/h3-4,7H,5-6,8H2,1-2H3. The highest BCUT2D eigenvalue weighted by Gasteiger charge is 2.43. The molecule has 0 unspecified atom stereocenters. The number of nitrogens with zero attached hydrogens (tertiary/aromatic N) is 1. The van der Waals surface area contributed by atoms with Crippen molar-refractivity contribution in [3.8, 4) is 17.6 Å². The molecule has 0 aliphatic heterocycles. The number of rotatable bonds is 4. The Labute approximate surface area is 95.6 Å². The van der Waals surface area contributed by atoms with Crippen LogP contribution in [0.5, 0.6) is 11.5 Å². The molecule has 3 nitrogen and oxygen atoms in total. The Morgan fingerprint density at radius 1 is 1.31 bits per heavy atom. The van der Waals surface area contributed by atoms with Crippen LogP contribution in [-0.2, 0) is 6.42 Å². The van der Waals surface area contributed by atoms with Gasteiger partial charge in [0.15, 0.2) is 0 Å². The molecule has 0 radical (unpaired) electrons. The molecule has 0 aromatic heterocycles. The Bertz CT molecular complexity index is 430. The maximum atomic E-state index is 9.09. The summed E-state index contributed by atoms with van der Waals surface area (Å²) < 4.78 is 10.5. The first-order valence-electron chi connectivity index (χ1n) is 5.35. The lowest BCUT2D eigenvalue weighted by molar-refractivity contribution is 0.396. The Hall–Kier alpha value is -1.69. The molecule has 0 spiro atoms. The summed E-state index contributed by atoms with van der Waals surface area (Å²) in [6.07, 6.45) is 2.73. The second-order valence-electron chi connectivity index (χ2n) is 4.25. The van der Waals surface area contributed by atoms with E-state index in [1.807, 2.05) is 18.2 Å². The Morgan fingerprint density at radius 3 is 2.56 bits per heavy atom. The van der Waals surface area contributed by atoms with Crippen molar-refractivity contribution in [2.75, 3.05) is 14.2 Å². The fraction of sp³-hybridized carbons (Fsp3) is 0.462. The maximum absolute atomic E-state index is 9.09. The van der Waals surface area contributed by atoms with Crippen LogP contribution in [0.1, 0.15) is 18.4 Å². The molecule has 0 heterocycles. The molecule has 0 N–H and O–H groups in total. The molecule has 3 heteroatoms. The first-order chi connectivity index (χ1) is 7.73. The first-order valence-corrected chi connectivity index (χ1v) is 5.35. The molecule has 0 saturated heterocycles. The Morgan fingerprint density at radius 2 is 2.06 bits per heavy atom. The van der Waals surface area contributed by atoms with Gasteiger partial charge in [-0.1, -0.05) is 0 Å². The lowest BCUT2D eigenvalue weighted by atomic mass is 9.97. The molecule has 1 aromatic carbocycles. The van der Waals surface area contributed by atoms with Crippen molar-refractivity contribution in [3.63, 3.8) is 0 Å². The molecule has 0 atom stereocenters. The zero-order valence-electron chi connectivity index (χ0n) is 9.62. The van der Waals surface area contributed by atoms with Crippen LogP contribution in [0.25, 0.3) is 0 Å². The minimum atomic E-state index is -0.153. The maximum Gasteiger partial charge on any atom is 0.122 e. The van der Waals surface area contributed by atoms with Crippen molar-refractivity contribution in [2.45, 2.75) is 19.3 Å². The van der Waals surface area contributed by atoms with Crippen LogP contribution < -0.4 is 9.47 Å². The van der Waals surface area contributed by atoms with Crippen LogP contribution in [0.15, 0.2) is 18.2 Å². The number of hydrogen-bond donors (Lipinski definition) is 0. The third-order valence-electron chi connectivity index (χ3n) is 3.11. The van der Waals surface area contributed by atoms with E-state index in [2.05, 4.69) is 6.07 Å². The van der Waals surface area contributed by atoms with E-state index < -0.39 is 0 Å². The highest BCUT2D eigenvalue weighted by molar-refractivity contribution is 5.42. The Kier molecular flexibility index (Phi) is 2.74. The van der Waals surface area contributed by atoms with Gasteiger partial charge in [-0.25, -0.2) is 0 Å². The average Bonchev–Trinajstić information content (AvgIpc) is 3.09. The largest absolute Gasteiger partial charge is 0.497 e. The van der Waals surface area contributed by atoms with Crippen LogP contribution in [0.3, 0.4) is 0 Å². The van der Waals surface area contributed by atoms with Crippen molar-refractivity contribution in [1.82, 2.24) is 0 Å². The molecule has 84 valence electrons. The molecule has 2 rings (SSSR count). The molecule has 16 heavy (non-hydrogen) atoms. The van der Waals surface area contributed by atoms with Gasteiger partial charge in [-0.2, -0.15) is 5.26 Å². The number of ether oxygens (including phenoxy) is 2. The van der Waals surface area contributed by atoms with Crippen LogP contribution in [-0.4, -0.2) is 14.2 Å². The molecule has 1 aliphatic carbocycles. The molecule has 0 bridgehead atoms. The van der Waals surface area contributed by atoms with Gasteiger partial charge in [0.25, 0.3) is 0 Å². The summed E-state index contributed by atoms with van der Waals surface area (Å²) in [5, 5.41) is 9.09. The van der Waals surface area contributed by atoms with Crippen molar-refractivity contribution in [1.29, 1.82) is 5.26 Å². The Balaban J connectivity index is 2.27. The van der Waals surface area contributed by atoms with Gasteiger partial charge < -0.3 is 9.47 Å². The first kappa shape index (κ1) is 10.8. The van der Waals surface area contributed by atoms with Crippen LogP contribution in [0, 0.1) is 16.7 Å². The predicted molar refractivity (Wildman–Crippen MR) is 60.5 cm³/mol. The molecule has 1 saturated carbocycles. The summed E-state index contributed by atoms with van der Waals surface area (Å²) in [7, 11) is 3.29. The van der Waals surface area contributed by atoms with Gasteiger partial charge in [0.05, 0.1) is 25.7 Å². The molecule has 1 fully saturated rings. The normalized spacial score (nSPS) is 16.3. The number of methoxy groups -OCH3 is 2. The molecular weight excluding hydrogens is 202 g/mol. The van der Waals surface area contributed by atoms with E-state index in [9.17, 15) is 0 Å². The molecule has 0 amide bonds. The summed E-state index contributed by atoms with van der Waals surface area (Å²) in [6.45, 7) is 0. The topological polar surface area (TPSA) is 42.2 Å². The van der Waals surface area contributed by atoms with E-state index in [-0.39, 0.29) is 5.41 Å². The van der Waals surface area contributed by atoms with Crippen LogP contribution in [0.2, 0.25) is 0 Å². The highest BCUT2D eigenvalue weighted by atomic mass is 16.5. The van der Waals surface area contributed by atoms with E-state index in [0.717, 1.165) is 36.3 Å². The van der Waals surface area contributed by atoms with Gasteiger partial charge in [-0.05, 0) is 43.0 Å². The fourth-order valence-corrected chi connectivity index (χ4v) is 1.86. The summed E-state index contributed by atoms with van der Waals surface area (Å²) in [5.74, 6) is 1.65. The van der Waals surface area contributed by atoms with E-state index in [4.69, 9.17) is 14.7 Å². The molecular formula is C13H15NO2. The van der Waals surface area contributed by atoms with E-state index in [0.29, 0.717) is 0 Å². The minimum absolute atomic E-state index is 0.153. The van der Waals surface area contributed by atoms with E-state index in [1.165, 1.54) is 0 Å². The van der Waals surface area contributed by atoms with Crippen molar-refractivity contribution < 1.29 is 9.47 Å². The highest BCUT2D eigenvalue weighted by Crippen LogP contribution is 2.49. The summed E-state index contributed by atoms with van der Waals surface area (Å²) in [5.41, 5.74) is 0.903. The minimum Gasteiger partial charge on any atom is -0.497 e. The monoisotopic (exact) mass is 217 g/mol. The number of benzene rings is 1.